The van der Waals surface area contributed by atoms with E-state index in [4.69, 9.17) is 0 Å². The number of aliphatic hydroxyl groups is 1. The largest absolute Gasteiger partial charge is 0.388 e. The first-order valence-electron chi connectivity index (χ1n) is 5.49. The Labute approximate surface area is 98.9 Å². The highest BCUT2D eigenvalue weighted by atomic mass is 79.9. The molecule has 1 saturated carbocycles. The highest BCUT2D eigenvalue weighted by Crippen LogP contribution is 2.43. The van der Waals surface area contributed by atoms with Crippen LogP contribution in [-0.4, -0.2) is 15.7 Å². The number of pyridine rings is 1. The molecule has 1 aromatic heterocycles. The van der Waals surface area contributed by atoms with Crippen LogP contribution in [0.25, 0.3) is 0 Å². The molecule has 82 valence electrons. The SMILES string of the molecule is OC1(C(Br)c2cccnc2)CCCCC1. The summed E-state index contributed by atoms with van der Waals surface area (Å²) < 4.78 is 0. The molecule has 3 heteroatoms. The first-order chi connectivity index (χ1) is 7.22. The Kier molecular flexibility index (Phi) is 3.42. The fraction of sp³-hybridized carbons (Fsp3) is 0.583. The molecule has 2 rings (SSSR count). The van der Waals surface area contributed by atoms with Gasteiger partial charge in [0.1, 0.15) is 0 Å². The first-order valence-corrected chi connectivity index (χ1v) is 6.40. The average molecular weight is 270 g/mol. The number of hydrogen-bond acceptors (Lipinski definition) is 2. The van der Waals surface area contributed by atoms with Crippen molar-refractivity contribution in [3.8, 4) is 0 Å². The second kappa shape index (κ2) is 4.62. The van der Waals surface area contributed by atoms with Gasteiger partial charge in [-0.3, -0.25) is 4.98 Å². The molecule has 1 fully saturated rings. The van der Waals surface area contributed by atoms with Gasteiger partial charge in [0.2, 0.25) is 0 Å². The van der Waals surface area contributed by atoms with Crippen LogP contribution in [0.5, 0.6) is 0 Å². The highest BCUT2D eigenvalue weighted by Gasteiger charge is 2.37. The van der Waals surface area contributed by atoms with Crippen LogP contribution in [0, 0.1) is 0 Å². The van der Waals surface area contributed by atoms with E-state index in [0.29, 0.717) is 0 Å². The number of halogens is 1. The Morgan fingerprint density at radius 1 is 1.33 bits per heavy atom. The van der Waals surface area contributed by atoms with Crippen molar-refractivity contribution >= 4 is 15.9 Å². The second-order valence-corrected chi connectivity index (χ2v) is 5.23. The molecule has 15 heavy (non-hydrogen) atoms. The summed E-state index contributed by atoms with van der Waals surface area (Å²) in [7, 11) is 0. The van der Waals surface area contributed by atoms with E-state index in [9.17, 15) is 5.11 Å². The maximum atomic E-state index is 10.5. The average Bonchev–Trinajstić information content (AvgIpc) is 2.30. The minimum absolute atomic E-state index is 0.0130. The predicted octanol–water partition coefficient (Wildman–Crippen LogP) is 3.21. The summed E-state index contributed by atoms with van der Waals surface area (Å²) in [5.41, 5.74) is 0.489. The van der Waals surface area contributed by atoms with E-state index in [2.05, 4.69) is 20.9 Å². The van der Waals surface area contributed by atoms with Crippen LogP contribution in [0.3, 0.4) is 0 Å². The number of alkyl halides is 1. The minimum atomic E-state index is -0.582. The summed E-state index contributed by atoms with van der Waals surface area (Å²) >= 11 is 3.61. The van der Waals surface area contributed by atoms with Gasteiger partial charge < -0.3 is 5.11 Å². The van der Waals surface area contributed by atoms with Crippen molar-refractivity contribution in [1.29, 1.82) is 0 Å². The quantitative estimate of drug-likeness (QED) is 0.837. The van der Waals surface area contributed by atoms with Gasteiger partial charge >= 0.3 is 0 Å². The van der Waals surface area contributed by atoms with Crippen LogP contribution < -0.4 is 0 Å². The first kappa shape index (κ1) is 11.1. The maximum Gasteiger partial charge on any atom is 0.0813 e. The van der Waals surface area contributed by atoms with Crippen LogP contribution >= 0.6 is 15.9 Å². The Morgan fingerprint density at radius 2 is 2.07 bits per heavy atom. The zero-order valence-corrected chi connectivity index (χ0v) is 10.3. The van der Waals surface area contributed by atoms with Crippen molar-refractivity contribution in [1.82, 2.24) is 4.98 Å². The normalized spacial score (nSPS) is 22.3. The van der Waals surface area contributed by atoms with E-state index in [-0.39, 0.29) is 4.83 Å². The monoisotopic (exact) mass is 269 g/mol. The zero-order valence-electron chi connectivity index (χ0n) is 8.69. The Bertz CT molecular complexity index is 309. The Morgan fingerprint density at radius 3 is 2.67 bits per heavy atom. The Balaban J connectivity index is 2.16. The minimum Gasteiger partial charge on any atom is -0.388 e. The number of hydrogen-bond donors (Lipinski definition) is 1. The fourth-order valence-electron chi connectivity index (χ4n) is 2.25. The van der Waals surface area contributed by atoms with Crippen LogP contribution in [0.4, 0.5) is 0 Å². The summed E-state index contributed by atoms with van der Waals surface area (Å²) in [6.45, 7) is 0. The standard InChI is InChI=1S/C12H16BrNO/c13-11(10-5-4-8-14-9-10)12(15)6-2-1-3-7-12/h4-5,8-9,11,15H,1-3,6-7H2. The molecule has 1 aliphatic carbocycles. The molecule has 1 aliphatic rings. The number of nitrogens with zero attached hydrogens (tertiary/aromatic N) is 1. The van der Waals surface area contributed by atoms with Gasteiger partial charge in [-0.05, 0) is 24.5 Å². The van der Waals surface area contributed by atoms with Crippen molar-refractivity contribution in [2.75, 3.05) is 0 Å². The molecule has 0 aromatic carbocycles. The lowest BCUT2D eigenvalue weighted by Crippen LogP contribution is -2.35. The molecule has 1 aromatic rings. The van der Waals surface area contributed by atoms with E-state index >= 15 is 0 Å². The van der Waals surface area contributed by atoms with Gasteiger partial charge in [0.15, 0.2) is 0 Å². The van der Waals surface area contributed by atoms with Crippen molar-refractivity contribution < 1.29 is 5.11 Å². The molecule has 1 atom stereocenters. The summed E-state index contributed by atoms with van der Waals surface area (Å²) in [6, 6.07) is 3.93. The lowest BCUT2D eigenvalue weighted by Gasteiger charge is -2.36. The van der Waals surface area contributed by atoms with Crippen LogP contribution in [0.2, 0.25) is 0 Å². The van der Waals surface area contributed by atoms with Gasteiger partial charge in [-0.15, -0.1) is 0 Å². The number of rotatable bonds is 2. The lowest BCUT2D eigenvalue weighted by molar-refractivity contribution is 0.00330. The van der Waals surface area contributed by atoms with E-state index < -0.39 is 5.60 Å². The van der Waals surface area contributed by atoms with Crippen molar-refractivity contribution in [2.45, 2.75) is 42.5 Å². The van der Waals surface area contributed by atoms with Crippen molar-refractivity contribution in [3.63, 3.8) is 0 Å². The van der Waals surface area contributed by atoms with E-state index in [1.807, 2.05) is 18.3 Å². The summed E-state index contributed by atoms with van der Waals surface area (Å²) in [5.74, 6) is 0. The molecule has 0 bridgehead atoms. The third kappa shape index (κ3) is 2.40. The van der Waals surface area contributed by atoms with Gasteiger partial charge in [0.05, 0.1) is 10.4 Å². The molecule has 0 amide bonds. The van der Waals surface area contributed by atoms with Crippen LogP contribution in [0.1, 0.15) is 42.5 Å². The van der Waals surface area contributed by atoms with E-state index in [1.165, 1.54) is 6.42 Å². The maximum absolute atomic E-state index is 10.5. The molecule has 1 heterocycles. The molecule has 2 nitrogen and oxygen atoms in total. The topological polar surface area (TPSA) is 33.1 Å². The molecule has 1 unspecified atom stereocenters. The van der Waals surface area contributed by atoms with Crippen molar-refractivity contribution in [3.05, 3.63) is 30.1 Å². The third-order valence-corrected chi connectivity index (χ3v) is 4.55. The van der Waals surface area contributed by atoms with Gasteiger partial charge in [0, 0.05) is 12.4 Å². The number of aromatic nitrogens is 1. The molecular weight excluding hydrogens is 254 g/mol. The van der Waals surface area contributed by atoms with E-state index in [1.54, 1.807) is 6.20 Å². The van der Waals surface area contributed by atoms with Crippen LogP contribution in [-0.2, 0) is 0 Å². The van der Waals surface area contributed by atoms with Gasteiger partial charge in [-0.2, -0.15) is 0 Å². The summed E-state index contributed by atoms with van der Waals surface area (Å²) in [6.07, 6.45) is 8.85. The van der Waals surface area contributed by atoms with Gasteiger partial charge in [-0.25, -0.2) is 0 Å². The summed E-state index contributed by atoms with van der Waals surface area (Å²) in [4.78, 5) is 4.10. The zero-order chi connectivity index (χ0) is 10.7. The summed E-state index contributed by atoms with van der Waals surface area (Å²) in [5, 5.41) is 10.5. The second-order valence-electron chi connectivity index (χ2n) is 4.31. The third-order valence-electron chi connectivity index (χ3n) is 3.17. The van der Waals surface area contributed by atoms with Crippen molar-refractivity contribution in [2.24, 2.45) is 0 Å². The molecule has 0 saturated heterocycles. The molecule has 0 aliphatic heterocycles. The predicted molar refractivity (Wildman–Crippen MR) is 63.9 cm³/mol. The van der Waals surface area contributed by atoms with Crippen LogP contribution in [0.15, 0.2) is 24.5 Å². The fourth-order valence-corrected chi connectivity index (χ4v) is 2.98. The molecule has 0 radical (unpaired) electrons. The Hall–Kier alpha value is -0.410. The smallest absolute Gasteiger partial charge is 0.0813 e. The molecule has 0 spiro atoms. The van der Waals surface area contributed by atoms with Gasteiger partial charge in [-0.1, -0.05) is 41.3 Å². The lowest BCUT2D eigenvalue weighted by atomic mass is 9.81. The van der Waals surface area contributed by atoms with Gasteiger partial charge in [0.25, 0.3) is 0 Å². The van der Waals surface area contributed by atoms with E-state index in [0.717, 1.165) is 31.2 Å². The highest BCUT2D eigenvalue weighted by molar-refractivity contribution is 9.09. The molecule has 1 N–H and O–H groups in total. The molecular formula is C12H16BrNO.